The summed E-state index contributed by atoms with van der Waals surface area (Å²) in [5.41, 5.74) is 0.987. The van der Waals surface area contributed by atoms with Gasteiger partial charge in [0, 0.05) is 31.7 Å². The third-order valence-electron chi connectivity index (χ3n) is 4.16. The molecule has 0 unspecified atom stereocenters. The van der Waals surface area contributed by atoms with E-state index in [0.29, 0.717) is 32.1 Å². The van der Waals surface area contributed by atoms with Crippen LogP contribution in [0.4, 0.5) is 4.79 Å². The van der Waals surface area contributed by atoms with Crippen LogP contribution in [0.5, 0.6) is 0 Å². The fourth-order valence-corrected chi connectivity index (χ4v) is 2.70. The Morgan fingerprint density at radius 3 is 2.83 bits per heavy atom. The SMILES string of the molecule is Cc1occc1CNC(=O)[C@H]1CCCN(C(=O)NCC(C)C)C1. The number of furan rings is 1. The number of hydrogen-bond donors (Lipinski definition) is 2. The first-order chi connectivity index (χ1) is 11.0. The molecule has 23 heavy (non-hydrogen) atoms. The van der Waals surface area contributed by atoms with Crippen molar-refractivity contribution in [2.45, 2.75) is 40.2 Å². The molecular formula is C17H27N3O3. The molecule has 0 spiro atoms. The number of carbonyl (C=O) groups excluding carboxylic acids is 2. The van der Waals surface area contributed by atoms with E-state index < -0.39 is 0 Å². The van der Waals surface area contributed by atoms with Gasteiger partial charge in [-0.15, -0.1) is 0 Å². The molecule has 1 saturated heterocycles. The van der Waals surface area contributed by atoms with Crippen molar-refractivity contribution in [2.75, 3.05) is 19.6 Å². The maximum Gasteiger partial charge on any atom is 0.317 e. The molecule has 1 aliphatic rings. The lowest BCUT2D eigenvalue weighted by Crippen LogP contribution is -2.49. The zero-order valence-corrected chi connectivity index (χ0v) is 14.2. The van der Waals surface area contributed by atoms with Crippen LogP contribution in [0.25, 0.3) is 0 Å². The molecule has 1 aliphatic heterocycles. The zero-order valence-electron chi connectivity index (χ0n) is 14.2. The van der Waals surface area contributed by atoms with Gasteiger partial charge in [-0.2, -0.15) is 0 Å². The molecule has 128 valence electrons. The summed E-state index contributed by atoms with van der Waals surface area (Å²) in [5, 5.41) is 5.86. The van der Waals surface area contributed by atoms with Crippen LogP contribution in [0.2, 0.25) is 0 Å². The Morgan fingerprint density at radius 1 is 1.39 bits per heavy atom. The lowest BCUT2D eigenvalue weighted by Gasteiger charge is -2.32. The number of amides is 3. The van der Waals surface area contributed by atoms with Crippen molar-refractivity contribution >= 4 is 11.9 Å². The maximum atomic E-state index is 12.3. The normalized spacial score (nSPS) is 18.1. The quantitative estimate of drug-likeness (QED) is 0.874. The highest BCUT2D eigenvalue weighted by Crippen LogP contribution is 2.17. The van der Waals surface area contributed by atoms with E-state index in [1.807, 2.05) is 13.0 Å². The number of carbonyl (C=O) groups is 2. The molecular weight excluding hydrogens is 294 g/mol. The van der Waals surface area contributed by atoms with Gasteiger partial charge in [-0.1, -0.05) is 13.8 Å². The van der Waals surface area contributed by atoms with Crippen LogP contribution in [-0.4, -0.2) is 36.5 Å². The van der Waals surface area contributed by atoms with Crippen LogP contribution in [0.1, 0.15) is 38.0 Å². The van der Waals surface area contributed by atoms with E-state index in [1.165, 1.54) is 0 Å². The molecule has 1 aromatic rings. The van der Waals surface area contributed by atoms with Gasteiger partial charge in [-0.05, 0) is 31.7 Å². The van der Waals surface area contributed by atoms with Crippen molar-refractivity contribution in [2.24, 2.45) is 11.8 Å². The zero-order chi connectivity index (χ0) is 16.8. The van der Waals surface area contributed by atoms with Gasteiger partial charge < -0.3 is 20.0 Å². The first-order valence-electron chi connectivity index (χ1n) is 8.30. The summed E-state index contributed by atoms with van der Waals surface area (Å²) in [6.45, 7) is 8.33. The van der Waals surface area contributed by atoms with Crippen molar-refractivity contribution < 1.29 is 14.0 Å². The topological polar surface area (TPSA) is 74.6 Å². The summed E-state index contributed by atoms with van der Waals surface area (Å²) < 4.78 is 5.22. The fraction of sp³-hybridized carbons (Fsp3) is 0.647. The molecule has 2 N–H and O–H groups in total. The van der Waals surface area contributed by atoms with E-state index in [2.05, 4.69) is 24.5 Å². The highest BCUT2D eigenvalue weighted by Gasteiger charge is 2.28. The summed E-state index contributed by atoms with van der Waals surface area (Å²) in [5.74, 6) is 1.11. The number of nitrogens with one attached hydrogen (secondary N) is 2. The van der Waals surface area contributed by atoms with E-state index in [0.717, 1.165) is 24.2 Å². The molecule has 0 aromatic carbocycles. The molecule has 1 fully saturated rings. The van der Waals surface area contributed by atoms with E-state index in [4.69, 9.17) is 4.42 Å². The lowest BCUT2D eigenvalue weighted by atomic mass is 9.97. The van der Waals surface area contributed by atoms with Gasteiger partial charge >= 0.3 is 6.03 Å². The summed E-state index contributed by atoms with van der Waals surface area (Å²) in [4.78, 5) is 26.2. The number of hydrogen-bond acceptors (Lipinski definition) is 3. The molecule has 0 radical (unpaired) electrons. The second-order valence-corrected chi connectivity index (χ2v) is 6.58. The molecule has 6 nitrogen and oxygen atoms in total. The predicted octanol–water partition coefficient (Wildman–Crippen LogP) is 2.28. The van der Waals surface area contributed by atoms with Gasteiger partial charge in [0.05, 0.1) is 12.2 Å². The Balaban J connectivity index is 1.81. The monoisotopic (exact) mass is 321 g/mol. The van der Waals surface area contributed by atoms with Gasteiger partial charge in [-0.3, -0.25) is 4.79 Å². The Labute approximate surface area is 137 Å². The van der Waals surface area contributed by atoms with Gasteiger partial charge in [0.15, 0.2) is 0 Å². The molecule has 0 bridgehead atoms. The number of nitrogens with zero attached hydrogens (tertiary/aromatic N) is 1. The van der Waals surface area contributed by atoms with E-state index >= 15 is 0 Å². The van der Waals surface area contributed by atoms with Crippen LogP contribution in [-0.2, 0) is 11.3 Å². The summed E-state index contributed by atoms with van der Waals surface area (Å²) in [7, 11) is 0. The molecule has 1 atom stereocenters. The number of piperidine rings is 1. The van der Waals surface area contributed by atoms with Crippen molar-refractivity contribution in [3.8, 4) is 0 Å². The number of aryl methyl sites for hydroxylation is 1. The Bertz CT molecular complexity index is 539. The van der Waals surface area contributed by atoms with Crippen molar-refractivity contribution in [1.82, 2.24) is 15.5 Å². The molecule has 1 aromatic heterocycles. The van der Waals surface area contributed by atoms with Gasteiger partial charge in [0.2, 0.25) is 5.91 Å². The average Bonchev–Trinajstić information content (AvgIpc) is 2.95. The number of urea groups is 1. The highest BCUT2D eigenvalue weighted by atomic mass is 16.3. The third kappa shape index (κ3) is 5.01. The summed E-state index contributed by atoms with van der Waals surface area (Å²) >= 11 is 0. The van der Waals surface area contributed by atoms with Crippen LogP contribution < -0.4 is 10.6 Å². The average molecular weight is 321 g/mol. The number of rotatable bonds is 5. The molecule has 6 heteroatoms. The first kappa shape index (κ1) is 17.4. The largest absolute Gasteiger partial charge is 0.469 e. The Morgan fingerprint density at radius 2 is 2.17 bits per heavy atom. The second kappa shape index (κ2) is 8.04. The van der Waals surface area contributed by atoms with Crippen LogP contribution in [0, 0.1) is 18.8 Å². The van der Waals surface area contributed by atoms with Crippen molar-refractivity contribution in [3.05, 3.63) is 23.7 Å². The van der Waals surface area contributed by atoms with Gasteiger partial charge in [-0.25, -0.2) is 4.79 Å². The standard InChI is InChI=1S/C17H27N3O3/c1-12(2)9-19-17(22)20-7-4-5-15(11-20)16(21)18-10-14-6-8-23-13(14)3/h6,8,12,15H,4-5,7,9-11H2,1-3H3,(H,18,21)(H,19,22)/t15-/m0/s1. The van der Waals surface area contributed by atoms with Gasteiger partial charge in [0.25, 0.3) is 0 Å². The summed E-state index contributed by atoms with van der Waals surface area (Å²) in [6.07, 6.45) is 3.31. The molecule has 3 amide bonds. The van der Waals surface area contributed by atoms with E-state index in [1.54, 1.807) is 11.2 Å². The molecule has 2 rings (SSSR count). The predicted molar refractivity (Wildman–Crippen MR) is 87.8 cm³/mol. The van der Waals surface area contributed by atoms with Gasteiger partial charge in [0.1, 0.15) is 5.76 Å². The smallest absolute Gasteiger partial charge is 0.317 e. The second-order valence-electron chi connectivity index (χ2n) is 6.58. The third-order valence-corrected chi connectivity index (χ3v) is 4.16. The minimum atomic E-state index is -0.138. The van der Waals surface area contributed by atoms with E-state index in [-0.39, 0.29) is 17.9 Å². The first-order valence-corrected chi connectivity index (χ1v) is 8.30. The van der Waals surface area contributed by atoms with Crippen LogP contribution >= 0.6 is 0 Å². The minimum absolute atomic E-state index is 0.00644. The Kier molecular flexibility index (Phi) is 6.07. The molecule has 0 aliphatic carbocycles. The number of likely N-dealkylation sites (tertiary alicyclic amines) is 1. The highest BCUT2D eigenvalue weighted by molar-refractivity contribution is 5.80. The van der Waals surface area contributed by atoms with Crippen LogP contribution in [0.3, 0.4) is 0 Å². The van der Waals surface area contributed by atoms with Crippen molar-refractivity contribution in [1.29, 1.82) is 0 Å². The van der Waals surface area contributed by atoms with Crippen LogP contribution in [0.15, 0.2) is 16.7 Å². The molecule has 0 saturated carbocycles. The fourth-order valence-electron chi connectivity index (χ4n) is 2.70. The molecule has 2 heterocycles. The minimum Gasteiger partial charge on any atom is -0.469 e. The summed E-state index contributed by atoms with van der Waals surface area (Å²) in [6, 6.07) is 1.80. The maximum absolute atomic E-state index is 12.3. The van der Waals surface area contributed by atoms with E-state index in [9.17, 15) is 9.59 Å². The van der Waals surface area contributed by atoms with Crippen molar-refractivity contribution in [3.63, 3.8) is 0 Å². The Hall–Kier alpha value is -1.98. The lowest BCUT2D eigenvalue weighted by molar-refractivity contribution is -0.126.